The van der Waals surface area contributed by atoms with Crippen LogP contribution in [0.1, 0.15) is 48.9 Å². The van der Waals surface area contributed by atoms with E-state index < -0.39 is 0 Å². The van der Waals surface area contributed by atoms with E-state index in [9.17, 15) is 4.79 Å². The van der Waals surface area contributed by atoms with Gasteiger partial charge in [-0.25, -0.2) is 0 Å². The van der Waals surface area contributed by atoms with E-state index in [-0.39, 0.29) is 11.2 Å². The van der Waals surface area contributed by atoms with E-state index in [1.54, 1.807) is 6.20 Å². The lowest BCUT2D eigenvalue weighted by Gasteiger charge is -2.35. The molecule has 1 aromatic carbocycles. The summed E-state index contributed by atoms with van der Waals surface area (Å²) in [6.07, 6.45) is 8.11. The third kappa shape index (κ3) is 2.84. The first-order valence-corrected chi connectivity index (χ1v) is 7.81. The molecule has 110 valence electrons. The van der Waals surface area contributed by atoms with Crippen LogP contribution < -0.4 is 5.73 Å². The summed E-state index contributed by atoms with van der Waals surface area (Å²) in [5, 5.41) is 1.02. The molecule has 0 saturated heterocycles. The number of para-hydroxylation sites is 1. The third-order valence-corrected chi connectivity index (χ3v) is 4.82. The van der Waals surface area contributed by atoms with Gasteiger partial charge in [-0.3, -0.25) is 9.78 Å². The molecule has 0 atom stereocenters. The number of hydrogen-bond donors (Lipinski definition) is 1. The number of carbonyl (C=O) groups is 1. The summed E-state index contributed by atoms with van der Waals surface area (Å²) < 4.78 is 0. The molecular weight excluding hydrogens is 260 g/mol. The summed E-state index contributed by atoms with van der Waals surface area (Å²) >= 11 is 0. The van der Waals surface area contributed by atoms with Crippen molar-refractivity contribution in [3.63, 3.8) is 0 Å². The monoisotopic (exact) mass is 282 g/mol. The number of fused-ring (bicyclic) bond motifs is 1. The Morgan fingerprint density at radius 3 is 2.67 bits per heavy atom. The highest BCUT2D eigenvalue weighted by Gasteiger charge is 2.33. The number of rotatable bonds is 4. The number of Topliss-reactive ketones (excluding diaryl/α,β-unsaturated/α-hetero) is 1. The number of nitrogens with two attached hydrogens (primary N) is 1. The van der Waals surface area contributed by atoms with Crippen molar-refractivity contribution < 1.29 is 4.79 Å². The van der Waals surface area contributed by atoms with Gasteiger partial charge in [0.2, 0.25) is 0 Å². The van der Waals surface area contributed by atoms with E-state index in [1.807, 2.05) is 30.3 Å². The molecule has 2 aromatic rings. The van der Waals surface area contributed by atoms with Crippen LogP contribution in [0.2, 0.25) is 0 Å². The molecular formula is C18H22N2O. The van der Waals surface area contributed by atoms with Gasteiger partial charge in [0.15, 0.2) is 5.78 Å². The summed E-state index contributed by atoms with van der Waals surface area (Å²) in [7, 11) is 0. The predicted octanol–water partition coefficient (Wildman–Crippen LogP) is 3.72. The summed E-state index contributed by atoms with van der Waals surface area (Å²) in [5.74, 6) is 0.187. The van der Waals surface area contributed by atoms with Crippen molar-refractivity contribution in [2.45, 2.75) is 38.5 Å². The highest BCUT2D eigenvalue weighted by Crippen LogP contribution is 2.39. The maximum atomic E-state index is 12.8. The molecule has 3 rings (SSSR count). The number of benzene rings is 1. The Morgan fingerprint density at radius 1 is 1.14 bits per heavy atom. The Bertz CT molecular complexity index is 639. The molecule has 3 heteroatoms. The topological polar surface area (TPSA) is 56.0 Å². The number of aromatic nitrogens is 1. The molecule has 0 spiro atoms. The molecule has 1 heterocycles. The van der Waals surface area contributed by atoms with Crippen molar-refractivity contribution in [2.75, 3.05) is 6.54 Å². The molecule has 2 N–H and O–H groups in total. The third-order valence-electron chi connectivity index (χ3n) is 4.82. The average Bonchev–Trinajstić information content (AvgIpc) is 2.55. The predicted molar refractivity (Wildman–Crippen MR) is 85.3 cm³/mol. The first-order chi connectivity index (χ1) is 10.2. The van der Waals surface area contributed by atoms with E-state index in [1.165, 1.54) is 19.3 Å². The zero-order valence-corrected chi connectivity index (χ0v) is 12.3. The van der Waals surface area contributed by atoms with Crippen molar-refractivity contribution in [1.29, 1.82) is 0 Å². The van der Waals surface area contributed by atoms with E-state index in [2.05, 4.69) is 4.98 Å². The molecule has 1 aliphatic rings. The molecule has 0 radical (unpaired) electrons. The van der Waals surface area contributed by atoms with Gasteiger partial charge < -0.3 is 5.73 Å². The maximum absolute atomic E-state index is 12.8. The zero-order valence-electron chi connectivity index (χ0n) is 12.3. The van der Waals surface area contributed by atoms with Crippen LogP contribution >= 0.6 is 0 Å². The van der Waals surface area contributed by atoms with Crippen LogP contribution in [0.15, 0.2) is 36.5 Å². The lowest BCUT2D eigenvalue weighted by Crippen LogP contribution is -2.35. The molecule has 0 amide bonds. The highest BCUT2D eigenvalue weighted by molar-refractivity contribution is 6.06. The maximum Gasteiger partial charge on any atom is 0.165 e. The van der Waals surface area contributed by atoms with Crippen molar-refractivity contribution in [2.24, 2.45) is 11.1 Å². The Labute approximate surface area is 125 Å². The second-order valence-electron chi connectivity index (χ2n) is 6.25. The van der Waals surface area contributed by atoms with Gasteiger partial charge in [-0.1, -0.05) is 37.5 Å². The first kappa shape index (κ1) is 14.2. The van der Waals surface area contributed by atoms with Crippen LogP contribution in [-0.4, -0.2) is 17.3 Å². The molecule has 0 aliphatic heterocycles. The molecule has 1 aromatic heterocycles. The molecule has 1 saturated carbocycles. The fourth-order valence-corrected chi connectivity index (χ4v) is 3.52. The van der Waals surface area contributed by atoms with Crippen LogP contribution in [0.3, 0.4) is 0 Å². The first-order valence-electron chi connectivity index (χ1n) is 7.81. The fraction of sp³-hybridized carbons (Fsp3) is 0.444. The molecule has 1 aliphatic carbocycles. The zero-order chi connectivity index (χ0) is 14.7. The Kier molecular flexibility index (Phi) is 4.02. The molecule has 21 heavy (non-hydrogen) atoms. The van der Waals surface area contributed by atoms with Gasteiger partial charge in [-0.05, 0) is 36.9 Å². The van der Waals surface area contributed by atoms with Gasteiger partial charge in [0.25, 0.3) is 0 Å². The molecule has 3 nitrogen and oxygen atoms in total. The van der Waals surface area contributed by atoms with E-state index >= 15 is 0 Å². The summed E-state index contributed by atoms with van der Waals surface area (Å²) in [4.78, 5) is 17.2. The molecule has 1 fully saturated rings. The van der Waals surface area contributed by atoms with Crippen molar-refractivity contribution in [3.05, 3.63) is 42.1 Å². The fourth-order valence-electron chi connectivity index (χ4n) is 3.52. The van der Waals surface area contributed by atoms with Gasteiger partial charge in [-0.15, -0.1) is 0 Å². The van der Waals surface area contributed by atoms with Crippen molar-refractivity contribution >= 4 is 16.7 Å². The molecule has 0 bridgehead atoms. The van der Waals surface area contributed by atoms with Gasteiger partial charge >= 0.3 is 0 Å². The van der Waals surface area contributed by atoms with Crippen LogP contribution in [0.4, 0.5) is 0 Å². The second kappa shape index (κ2) is 5.94. The SMILES string of the molecule is NCC1(CC(=O)c2cccc3cccnc23)CCCCC1. The number of ketones is 1. The lowest BCUT2D eigenvalue weighted by molar-refractivity contribution is 0.0869. The van der Waals surface area contributed by atoms with E-state index in [4.69, 9.17) is 5.73 Å². The van der Waals surface area contributed by atoms with Crippen LogP contribution in [0.25, 0.3) is 10.9 Å². The average molecular weight is 282 g/mol. The minimum Gasteiger partial charge on any atom is -0.330 e. The van der Waals surface area contributed by atoms with Gasteiger partial charge in [0.1, 0.15) is 0 Å². The van der Waals surface area contributed by atoms with Crippen molar-refractivity contribution in [3.8, 4) is 0 Å². The summed E-state index contributed by atoms with van der Waals surface area (Å²) in [5.41, 5.74) is 7.57. The Hall–Kier alpha value is -1.74. The van der Waals surface area contributed by atoms with E-state index in [0.717, 1.165) is 29.3 Å². The second-order valence-corrected chi connectivity index (χ2v) is 6.25. The van der Waals surface area contributed by atoms with Crippen LogP contribution in [0, 0.1) is 5.41 Å². The van der Waals surface area contributed by atoms with Gasteiger partial charge in [0.05, 0.1) is 5.52 Å². The Balaban J connectivity index is 1.90. The van der Waals surface area contributed by atoms with Crippen molar-refractivity contribution in [1.82, 2.24) is 4.98 Å². The Morgan fingerprint density at radius 2 is 1.90 bits per heavy atom. The van der Waals surface area contributed by atoms with Crippen LogP contribution in [-0.2, 0) is 0 Å². The van der Waals surface area contributed by atoms with Gasteiger partial charge in [0, 0.05) is 23.6 Å². The largest absolute Gasteiger partial charge is 0.330 e. The quantitative estimate of drug-likeness (QED) is 0.870. The van der Waals surface area contributed by atoms with Gasteiger partial charge in [-0.2, -0.15) is 0 Å². The minimum atomic E-state index is 0.00623. The number of nitrogens with zero attached hydrogens (tertiary/aromatic N) is 1. The standard InChI is InChI=1S/C18H22N2O/c19-13-18(9-2-1-3-10-18)12-16(21)15-8-4-6-14-7-5-11-20-17(14)15/h4-8,11H,1-3,9-10,12-13,19H2. The number of hydrogen-bond acceptors (Lipinski definition) is 3. The summed E-state index contributed by atoms with van der Waals surface area (Å²) in [6, 6.07) is 9.73. The lowest BCUT2D eigenvalue weighted by atomic mass is 9.70. The van der Waals surface area contributed by atoms with Crippen LogP contribution in [0.5, 0.6) is 0 Å². The summed E-state index contributed by atoms with van der Waals surface area (Å²) in [6.45, 7) is 0.608. The smallest absolute Gasteiger partial charge is 0.165 e. The highest BCUT2D eigenvalue weighted by atomic mass is 16.1. The minimum absolute atomic E-state index is 0.00623. The molecule has 0 unspecified atom stereocenters. The normalized spacial score (nSPS) is 17.8. The number of carbonyl (C=O) groups excluding carboxylic acids is 1. The van der Waals surface area contributed by atoms with E-state index in [0.29, 0.717) is 13.0 Å². The number of pyridine rings is 1.